The van der Waals surface area contributed by atoms with E-state index in [1.165, 1.54) is 17.0 Å². The predicted molar refractivity (Wildman–Crippen MR) is 132 cm³/mol. The van der Waals surface area contributed by atoms with Crippen LogP contribution in [0, 0.1) is 0 Å². The number of anilines is 1. The van der Waals surface area contributed by atoms with Gasteiger partial charge in [0.15, 0.2) is 5.17 Å². The Morgan fingerprint density at radius 3 is 2.41 bits per heavy atom. The normalized spacial score (nSPS) is 20.5. The van der Waals surface area contributed by atoms with Crippen LogP contribution in [-0.4, -0.2) is 48.7 Å². The molecule has 2 fully saturated rings. The van der Waals surface area contributed by atoms with E-state index in [-0.39, 0.29) is 34.3 Å². The largest absolute Gasteiger partial charge is 0.497 e. The summed E-state index contributed by atoms with van der Waals surface area (Å²) in [7, 11) is -2.42. The van der Waals surface area contributed by atoms with Gasteiger partial charge in [0, 0.05) is 18.2 Å². The molecule has 0 spiro atoms. The minimum absolute atomic E-state index is 0.0693. The van der Waals surface area contributed by atoms with Crippen molar-refractivity contribution in [1.29, 1.82) is 0 Å². The number of carbonyl (C=O) groups excluding carboxylic acids is 2. The Bertz CT molecular complexity index is 1160. The van der Waals surface area contributed by atoms with Crippen molar-refractivity contribution in [3.8, 4) is 5.75 Å². The lowest BCUT2D eigenvalue weighted by Crippen LogP contribution is -2.42. The van der Waals surface area contributed by atoms with E-state index in [1.807, 2.05) is 0 Å². The number of sulfonamides is 1. The Kier molecular flexibility index (Phi) is 7.57. The van der Waals surface area contributed by atoms with Gasteiger partial charge in [0.2, 0.25) is 11.8 Å². The van der Waals surface area contributed by atoms with Crippen molar-refractivity contribution in [2.45, 2.75) is 54.7 Å². The molecule has 0 bridgehead atoms. The van der Waals surface area contributed by atoms with Gasteiger partial charge in [-0.3, -0.25) is 14.5 Å². The molecule has 0 radical (unpaired) electrons. The van der Waals surface area contributed by atoms with Crippen LogP contribution in [0.1, 0.15) is 38.5 Å². The number of methoxy groups -OCH3 is 1. The maximum Gasteiger partial charge on any atom is 0.284 e. The maximum atomic E-state index is 13.3. The van der Waals surface area contributed by atoms with E-state index >= 15 is 0 Å². The first-order chi connectivity index (χ1) is 16.4. The molecule has 0 aromatic heterocycles. The highest BCUT2D eigenvalue weighted by Gasteiger charge is 2.43. The van der Waals surface area contributed by atoms with Crippen molar-refractivity contribution >= 4 is 44.5 Å². The SMILES string of the molecule is COc1ccc(NC(=O)C[C@H]2SC(=NS(=O)(=O)c3ccccc3)N(C3CCCCC3)C2=O)cc1. The van der Waals surface area contributed by atoms with Crippen molar-refractivity contribution in [2.75, 3.05) is 12.4 Å². The lowest BCUT2D eigenvalue weighted by atomic mass is 9.94. The fraction of sp³-hybridized carbons (Fsp3) is 0.375. The minimum atomic E-state index is -3.98. The Balaban J connectivity index is 1.54. The number of hydrogen-bond acceptors (Lipinski definition) is 6. The van der Waals surface area contributed by atoms with Gasteiger partial charge in [-0.25, -0.2) is 0 Å². The van der Waals surface area contributed by atoms with Gasteiger partial charge in [0.1, 0.15) is 11.0 Å². The van der Waals surface area contributed by atoms with Gasteiger partial charge in [-0.2, -0.15) is 8.42 Å². The van der Waals surface area contributed by atoms with E-state index in [2.05, 4.69) is 9.71 Å². The molecule has 180 valence electrons. The maximum absolute atomic E-state index is 13.3. The van der Waals surface area contributed by atoms with Crippen LogP contribution in [0.25, 0.3) is 0 Å². The van der Waals surface area contributed by atoms with Gasteiger partial charge in [0.25, 0.3) is 10.0 Å². The number of benzene rings is 2. The Hall–Kier alpha value is -2.85. The van der Waals surface area contributed by atoms with Crippen molar-refractivity contribution in [1.82, 2.24) is 4.90 Å². The number of amidine groups is 1. The number of nitrogens with one attached hydrogen (secondary N) is 1. The molecule has 1 aliphatic heterocycles. The van der Waals surface area contributed by atoms with E-state index in [0.29, 0.717) is 11.4 Å². The van der Waals surface area contributed by atoms with Crippen LogP contribution in [0.3, 0.4) is 0 Å². The van der Waals surface area contributed by atoms with E-state index < -0.39 is 15.3 Å². The number of rotatable bonds is 7. The van der Waals surface area contributed by atoms with Crippen LogP contribution in [-0.2, 0) is 19.6 Å². The Morgan fingerprint density at radius 2 is 1.76 bits per heavy atom. The monoisotopic (exact) mass is 501 g/mol. The fourth-order valence-electron chi connectivity index (χ4n) is 4.16. The molecule has 34 heavy (non-hydrogen) atoms. The van der Waals surface area contributed by atoms with E-state index in [0.717, 1.165) is 43.9 Å². The average Bonchev–Trinajstić information content (AvgIpc) is 3.14. The lowest BCUT2D eigenvalue weighted by molar-refractivity contribution is -0.130. The van der Waals surface area contributed by atoms with E-state index in [1.54, 1.807) is 49.6 Å². The van der Waals surface area contributed by atoms with Crippen molar-refractivity contribution < 1.29 is 22.7 Å². The second-order valence-electron chi connectivity index (χ2n) is 8.25. The highest BCUT2D eigenvalue weighted by atomic mass is 32.2. The topological polar surface area (TPSA) is 105 Å². The number of thioether (sulfide) groups is 1. The zero-order valence-electron chi connectivity index (χ0n) is 18.8. The molecule has 1 saturated carbocycles. The van der Waals surface area contributed by atoms with Crippen molar-refractivity contribution in [3.63, 3.8) is 0 Å². The molecule has 1 atom stereocenters. The zero-order chi connectivity index (χ0) is 24.1. The fourth-order valence-corrected chi connectivity index (χ4v) is 6.58. The summed E-state index contributed by atoms with van der Waals surface area (Å²) in [5.74, 6) is 0.0821. The van der Waals surface area contributed by atoms with Crippen LogP contribution in [0.5, 0.6) is 5.75 Å². The highest BCUT2D eigenvalue weighted by Crippen LogP contribution is 2.36. The number of ether oxygens (including phenoxy) is 1. The summed E-state index contributed by atoms with van der Waals surface area (Å²) >= 11 is 1.05. The molecule has 1 saturated heterocycles. The summed E-state index contributed by atoms with van der Waals surface area (Å²) in [6.45, 7) is 0. The summed E-state index contributed by atoms with van der Waals surface area (Å²) in [5.41, 5.74) is 0.589. The van der Waals surface area contributed by atoms with Crippen LogP contribution >= 0.6 is 11.8 Å². The van der Waals surface area contributed by atoms with Crippen LogP contribution in [0.15, 0.2) is 63.9 Å². The molecule has 10 heteroatoms. The van der Waals surface area contributed by atoms with Gasteiger partial charge in [-0.05, 0) is 49.2 Å². The molecule has 2 aliphatic rings. The van der Waals surface area contributed by atoms with E-state index in [9.17, 15) is 18.0 Å². The van der Waals surface area contributed by atoms with Gasteiger partial charge < -0.3 is 10.1 Å². The smallest absolute Gasteiger partial charge is 0.284 e. The van der Waals surface area contributed by atoms with Crippen LogP contribution in [0.2, 0.25) is 0 Å². The Labute approximate surface area is 203 Å². The third-order valence-electron chi connectivity index (χ3n) is 5.89. The second kappa shape index (κ2) is 10.6. The molecular weight excluding hydrogens is 474 g/mol. The van der Waals surface area contributed by atoms with E-state index in [4.69, 9.17) is 4.74 Å². The average molecular weight is 502 g/mol. The van der Waals surface area contributed by atoms with Crippen molar-refractivity contribution in [3.05, 3.63) is 54.6 Å². The molecular formula is C24H27N3O5S2. The summed E-state index contributed by atoms with van der Waals surface area (Å²) in [6.07, 6.45) is 4.54. The molecule has 2 aromatic rings. The quantitative estimate of drug-likeness (QED) is 0.614. The summed E-state index contributed by atoms with van der Waals surface area (Å²) in [6, 6.07) is 14.7. The first-order valence-corrected chi connectivity index (χ1v) is 13.5. The first kappa shape index (κ1) is 24.3. The standard InChI is InChI=1S/C24H27N3O5S2/c1-32-19-14-12-17(13-15-19)25-22(28)16-21-23(29)27(18-8-4-2-5-9-18)24(33-21)26-34(30,31)20-10-6-3-7-11-20/h3,6-7,10-15,18,21H,2,4-5,8-9,16H2,1H3,(H,25,28)/t21-/m1/s1. The molecule has 1 N–H and O–H groups in total. The molecule has 2 amide bonds. The summed E-state index contributed by atoms with van der Waals surface area (Å²) < 4.78 is 35.0. The van der Waals surface area contributed by atoms with Gasteiger partial charge in [-0.15, -0.1) is 4.40 Å². The third-order valence-corrected chi connectivity index (χ3v) is 8.44. The number of nitrogens with zero attached hydrogens (tertiary/aromatic N) is 2. The van der Waals surface area contributed by atoms with Gasteiger partial charge in [-0.1, -0.05) is 49.2 Å². The second-order valence-corrected chi connectivity index (χ2v) is 11.0. The molecule has 8 nitrogen and oxygen atoms in total. The first-order valence-electron chi connectivity index (χ1n) is 11.2. The number of hydrogen-bond donors (Lipinski definition) is 1. The number of amides is 2. The summed E-state index contributed by atoms with van der Waals surface area (Å²) in [4.78, 5) is 27.6. The Morgan fingerprint density at radius 1 is 1.09 bits per heavy atom. The van der Waals surface area contributed by atoms with Crippen molar-refractivity contribution in [2.24, 2.45) is 4.40 Å². The number of carbonyl (C=O) groups is 2. The molecule has 0 unspecified atom stereocenters. The molecule has 2 aromatic carbocycles. The predicted octanol–water partition coefficient (Wildman–Crippen LogP) is 4.05. The molecule has 1 heterocycles. The van der Waals surface area contributed by atoms with Crippen LogP contribution < -0.4 is 10.1 Å². The van der Waals surface area contributed by atoms with Gasteiger partial charge in [0.05, 0.1) is 12.0 Å². The summed E-state index contributed by atoms with van der Waals surface area (Å²) in [5, 5.41) is 2.21. The molecule has 1 aliphatic carbocycles. The minimum Gasteiger partial charge on any atom is -0.497 e. The lowest BCUT2D eigenvalue weighted by Gasteiger charge is -2.30. The highest BCUT2D eigenvalue weighted by molar-refractivity contribution is 8.16. The zero-order valence-corrected chi connectivity index (χ0v) is 20.5. The third kappa shape index (κ3) is 5.61. The van der Waals surface area contributed by atoms with Crippen LogP contribution in [0.4, 0.5) is 5.69 Å². The molecule has 4 rings (SSSR count). The van der Waals surface area contributed by atoms with Gasteiger partial charge >= 0.3 is 0 Å².